The van der Waals surface area contributed by atoms with Crippen LogP contribution in [0.3, 0.4) is 0 Å². The average Bonchev–Trinajstić information content (AvgIpc) is 3.00. The Bertz CT molecular complexity index is 536. The fraction of sp³-hybridized carbons (Fsp3) is 0.300. The van der Waals surface area contributed by atoms with Crippen LogP contribution in [0.15, 0.2) is 32.9 Å². The van der Waals surface area contributed by atoms with Crippen molar-refractivity contribution in [1.82, 2.24) is 0 Å². The summed E-state index contributed by atoms with van der Waals surface area (Å²) in [6.07, 6.45) is -4.59. The van der Waals surface area contributed by atoms with E-state index in [1.807, 2.05) is 0 Å². The van der Waals surface area contributed by atoms with Gasteiger partial charge in [0.1, 0.15) is 0 Å². The third-order valence-corrected chi connectivity index (χ3v) is 3.23. The van der Waals surface area contributed by atoms with Gasteiger partial charge in [0, 0.05) is 17.0 Å². The predicted molar refractivity (Wildman–Crippen MR) is 61.0 cm³/mol. The summed E-state index contributed by atoms with van der Waals surface area (Å²) in [5.74, 6) is -0.376. The molecule has 18 heavy (non-hydrogen) atoms. The summed E-state index contributed by atoms with van der Waals surface area (Å²) in [5, 5.41) is 8.66. The van der Waals surface area contributed by atoms with Crippen LogP contribution in [0.4, 0.5) is 18.9 Å². The van der Waals surface area contributed by atoms with Crippen LogP contribution in [-0.4, -0.2) is 12.1 Å². The number of halogens is 4. The summed E-state index contributed by atoms with van der Waals surface area (Å²) in [6.45, 7) is 1.27. The van der Waals surface area contributed by atoms with Gasteiger partial charge < -0.3 is 5.32 Å². The molecule has 0 atom stereocenters. The molecule has 1 amide bonds. The van der Waals surface area contributed by atoms with Gasteiger partial charge in [-0.05, 0) is 22.0 Å². The Morgan fingerprint density at radius 3 is 2.44 bits per heavy atom. The standard InChI is InChI=1S/C10H7BrF3N3O/c1-5(18)15-7-4-2-3-6(8(7)11)9(16-17-9)10(12,13)14/h2-4H,1H3,(H,15,18). The fourth-order valence-corrected chi connectivity index (χ4v) is 2.15. The maximum absolute atomic E-state index is 12.9. The van der Waals surface area contributed by atoms with Gasteiger partial charge in [0.15, 0.2) is 0 Å². The van der Waals surface area contributed by atoms with Crippen molar-refractivity contribution in [3.63, 3.8) is 0 Å². The molecule has 8 heteroatoms. The Kier molecular flexibility index (Phi) is 2.92. The second-order valence-corrected chi connectivity index (χ2v) is 4.51. The topological polar surface area (TPSA) is 53.8 Å². The summed E-state index contributed by atoms with van der Waals surface area (Å²) >= 11 is 3.04. The van der Waals surface area contributed by atoms with E-state index in [-0.39, 0.29) is 21.6 Å². The third-order valence-electron chi connectivity index (χ3n) is 2.38. The molecule has 0 bridgehead atoms. The molecular formula is C10H7BrF3N3O. The van der Waals surface area contributed by atoms with Crippen LogP contribution in [0, 0.1) is 0 Å². The molecule has 0 aliphatic carbocycles. The number of carbonyl (C=O) groups excluding carboxylic acids is 1. The molecule has 1 N–H and O–H groups in total. The van der Waals surface area contributed by atoms with E-state index in [1.54, 1.807) is 0 Å². The lowest BCUT2D eigenvalue weighted by atomic mass is 10.0. The summed E-state index contributed by atoms with van der Waals surface area (Å²) in [5.41, 5.74) is -2.39. The first kappa shape index (κ1) is 13.0. The fourth-order valence-electron chi connectivity index (χ4n) is 1.51. The highest BCUT2D eigenvalue weighted by atomic mass is 79.9. The number of benzene rings is 1. The molecule has 1 aromatic rings. The molecule has 0 aromatic heterocycles. The van der Waals surface area contributed by atoms with Gasteiger partial charge in [-0.15, -0.1) is 10.2 Å². The molecule has 0 saturated heterocycles. The lowest BCUT2D eigenvalue weighted by molar-refractivity contribution is -0.166. The molecule has 1 aliphatic rings. The predicted octanol–water partition coefficient (Wildman–Crippen LogP) is 3.59. The molecule has 0 unspecified atom stereocenters. The second-order valence-electron chi connectivity index (χ2n) is 3.72. The summed E-state index contributed by atoms with van der Waals surface area (Å²) in [4.78, 5) is 10.9. The minimum atomic E-state index is -4.59. The van der Waals surface area contributed by atoms with Crippen molar-refractivity contribution >= 4 is 27.5 Å². The number of rotatable bonds is 2. The number of alkyl halides is 3. The van der Waals surface area contributed by atoms with E-state index in [1.165, 1.54) is 25.1 Å². The van der Waals surface area contributed by atoms with Crippen molar-refractivity contribution in [3.05, 3.63) is 28.2 Å². The first-order valence-corrected chi connectivity index (χ1v) is 5.64. The summed E-state index contributed by atoms with van der Waals surface area (Å²) < 4.78 is 38.7. The molecule has 96 valence electrons. The van der Waals surface area contributed by atoms with Crippen LogP contribution in [0.5, 0.6) is 0 Å². The molecule has 0 saturated carbocycles. The number of anilines is 1. The molecule has 0 fully saturated rings. The zero-order chi connectivity index (χ0) is 13.6. The van der Waals surface area contributed by atoms with Crippen LogP contribution in [0.1, 0.15) is 12.5 Å². The van der Waals surface area contributed by atoms with Gasteiger partial charge in [0.05, 0.1) is 5.69 Å². The zero-order valence-electron chi connectivity index (χ0n) is 9.05. The van der Waals surface area contributed by atoms with Crippen LogP contribution in [0.2, 0.25) is 0 Å². The van der Waals surface area contributed by atoms with Gasteiger partial charge >= 0.3 is 11.8 Å². The van der Waals surface area contributed by atoms with E-state index >= 15 is 0 Å². The number of hydrogen-bond acceptors (Lipinski definition) is 3. The van der Waals surface area contributed by atoms with Crippen molar-refractivity contribution in [2.24, 2.45) is 10.2 Å². The molecule has 1 heterocycles. The van der Waals surface area contributed by atoms with Gasteiger partial charge in [0.2, 0.25) is 5.91 Å². The van der Waals surface area contributed by atoms with Crippen molar-refractivity contribution in [2.75, 3.05) is 5.32 Å². The SMILES string of the molecule is CC(=O)Nc1cccc(C2(C(F)(F)F)N=N2)c1Br. The van der Waals surface area contributed by atoms with Crippen LogP contribution in [0.25, 0.3) is 0 Å². The molecule has 2 rings (SSSR count). The van der Waals surface area contributed by atoms with E-state index in [4.69, 9.17) is 0 Å². The minimum Gasteiger partial charge on any atom is -0.325 e. The average molecular weight is 322 g/mol. The smallest absolute Gasteiger partial charge is 0.325 e. The van der Waals surface area contributed by atoms with E-state index in [0.717, 1.165) is 0 Å². The van der Waals surface area contributed by atoms with Gasteiger partial charge in [-0.3, -0.25) is 4.79 Å². The Morgan fingerprint density at radius 2 is 2.00 bits per heavy atom. The van der Waals surface area contributed by atoms with E-state index in [0.29, 0.717) is 0 Å². The second kappa shape index (κ2) is 4.04. The number of nitrogens with one attached hydrogen (secondary N) is 1. The van der Waals surface area contributed by atoms with Gasteiger partial charge in [0.25, 0.3) is 0 Å². The van der Waals surface area contributed by atoms with Crippen molar-refractivity contribution in [1.29, 1.82) is 0 Å². The Hall–Kier alpha value is -1.44. The minimum absolute atomic E-state index is 0.127. The lowest BCUT2D eigenvalue weighted by Crippen LogP contribution is -2.30. The zero-order valence-corrected chi connectivity index (χ0v) is 10.6. The normalized spacial score (nSPS) is 16.5. The van der Waals surface area contributed by atoms with Crippen LogP contribution >= 0.6 is 15.9 Å². The maximum atomic E-state index is 12.9. The molecule has 4 nitrogen and oxygen atoms in total. The van der Waals surface area contributed by atoms with E-state index < -0.39 is 11.8 Å². The highest BCUT2D eigenvalue weighted by molar-refractivity contribution is 9.10. The van der Waals surface area contributed by atoms with Gasteiger partial charge in [-0.25, -0.2) is 0 Å². The van der Waals surface area contributed by atoms with Crippen LogP contribution < -0.4 is 5.32 Å². The number of carbonyl (C=O) groups is 1. The van der Waals surface area contributed by atoms with Crippen molar-refractivity contribution in [2.45, 2.75) is 18.8 Å². The first-order chi connectivity index (χ1) is 8.28. The van der Waals surface area contributed by atoms with Crippen LogP contribution in [-0.2, 0) is 10.5 Å². The van der Waals surface area contributed by atoms with Gasteiger partial charge in [-0.1, -0.05) is 12.1 Å². The first-order valence-electron chi connectivity index (χ1n) is 4.85. The molecule has 0 spiro atoms. The molecule has 1 aromatic carbocycles. The van der Waals surface area contributed by atoms with E-state index in [9.17, 15) is 18.0 Å². The number of amides is 1. The number of hydrogen-bond donors (Lipinski definition) is 1. The highest BCUT2D eigenvalue weighted by Crippen LogP contribution is 2.54. The highest BCUT2D eigenvalue weighted by Gasteiger charge is 2.66. The summed E-state index contributed by atoms with van der Waals surface area (Å²) in [7, 11) is 0. The number of nitrogens with zero attached hydrogens (tertiary/aromatic N) is 2. The molecular weight excluding hydrogens is 315 g/mol. The molecule has 0 radical (unpaired) electrons. The Balaban J connectivity index is 2.45. The Labute approximate surface area is 108 Å². The Morgan fingerprint density at radius 1 is 1.39 bits per heavy atom. The van der Waals surface area contributed by atoms with Crippen molar-refractivity contribution in [3.8, 4) is 0 Å². The molecule has 1 aliphatic heterocycles. The monoisotopic (exact) mass is 321 g/mol. The third kappa shape index (κ3) is 2.00. The quantitative estimate of drug-likeness (QED) is 0.889. The largest absolute Gasteiger partial charge is 0.442 e. The maximum Gasteiger partial charge on any atom is 0.442 e. The lowest BCUT2D eigenvalue weighted by Gasteiger charge is -2.17. The summed E-state index contributed by atoms with van der Waals surface area (Å²) in [6, 6.07) is 4.16. The van der Waals surface area contributed by atoms with Gasteiger partial charge in [-0.2, -0.15) is 13.2 Å². The van der Waals surface area contributed by atoms with E-state index in [2.05, 4.69) is 31.5 Å². The van der Waals surface area contributed by atoms with Crippen molar-refractivity contribution < 1.29 is 18.0 Å².